The predicted octanol–water partition coefficient (Wildman–Crippen LogP) is 1.92. The van der Waals surface area contributed by atoms with Gasteiger partial charge in [-0.2, -0.15) is 0 Å². The minimum absolute atomic E-state index is 0.396. The van der Waals surface area contributed by atoms with Crippen LogP contribution in [-0.4, -0.2) is 35.3 Å². The second kappa shape index (κ2) is 3.96. The van der Waals surface area contributed by atoms with Crippen molar-refractivity contribution in [2.45, 2.75) is 32.0 Å². The van der Waals surface area contributed by atoms with E-state index >= 15 is 0 Å². The van der Waals surface area contributed by atoms with E-state index in [9.17, 15) is 0 Å². The average molecular weight is 284 g/mol. The Hall–Kier alpha value is -0.680. The van der Waals surface area contributed by atoms with Crippen molar-refractivity contribution in [3.05, 3.63) is 16.5 Å². The van der Waals surface area contributed by atoms with E-state index < -0.39 is 0 Å². The molecule has 2 atom stereocenters. The van der Waals surface area contributed by atoms with Gasteiger partial charge in [0.25, 0.3) is 0 Å². The lowest BCUT2D eigenvalue weighted by atomic mass is 10.2. The number of halogens is 1. The molecule has 86 valence electrons. The molecule has 1 aromatic rings. The lowest BCUT2D eigenvalue weighted by molar-refractivity contribution is 0.0302. The van der Waals surface area contributed by atoms with Gasteiger partial charge < -0.3 is 9.64 Å². The first kappa shape index (κ1) is 10.5. The number of hydrogen-bond donors (Lipinski definition) is 0. The standard InChI is InChI=1S/C11H14BrN3O/c1-7-13-10(12)4-11(14-7)15-5-8-2-3-9(6-15)16-8/h4,8-9H,2-3,5-6H2,1H3. The van der Waals surface area contributed by atoms with Crippen LogP contribution in [0.25, 0.3) is 0 Å². The van der Waals surface area contributed by atoms with Gasteiger partial charge in [0.2, 0.25) is 0 Å². The van der Waals surface area contributed by atoms with Crippen LogP contribution in [-0.2, 0) is 4.74 Å². The molecule has 0 radical (unpaired) electrons. The molecule has 0 amide bonds. The molecule has 2 aliphatic heterocycles. The number of rotatable bonds is 1. The zero-order valence-corrected chi connectivity index (χ0v) is 10.8. The van der Waals surface area contributed by atoms with E-state index in [-0.39, 0.29) is 0 Å². The summed E-state index contributed by atoms with van der Waals surface area (Å²) in [4.78, 5) is 11.0. The van der Waals surface area contributed by atoms with Crippen LogP contribution in [0, 0.1) is 6.92 Å². The average Bonchev–Trinajstić information content (AvgIpc) is 2.56. The normalized spacial score (nSPS) is 28.5. The highest BCUT2D eigenvalue weighted by atomic mass is 79.9. The van der Waals surface area contributed by atoms with Crippen LogP contribution in [0.15, 0.2) is 10.7 Å². The number of fused-ring (bicyclic) bond motifs is 2. The van der Waals surface area contributed by atoms with E-state index in [0.29, 0.717) is 12.2 Å². The SMILES string of the molecule is Cc1nc(Br)cc(N2CC3CCC(C2)O3)n1. The maximum Gasteiger partial charge on any atom is 0.133 e. The van der Waals surface area contributed by atoms with Crippen molar-refractivity contribution < 1.29 is 4.74 Å². The van der Waals surface area contributed by atoms with Crippen LogP contribution >= 0.6 is 15.9 Å². The highest BCUT2D eigenvalue weighted by Crippen LogP contribution is 2.29. The molecule has 3 rings (SSSR count). The first-order chi connectivity index (χ1) is 7.70. The van der Waals surface area contributed by atoms with E-state index in [0.717, 1.165) is 29.3 Å². The second-order valence-corrected chi connectivity index (χ2v) is 5.27. The van der Waals surface area contributed by atoms with Gasteiger partial charge in [-0.05, 0) is 35.7 Å². The van der Waals surface area contributed by atoms with Gasteiger partial charge in [0.15, 0.2) is 0 Å². The lowest BCUT2D eigenvalue weighted by Crippen LogP contribution is -2.43. The highest BCUT2D eigenvalue weighted by molar-refractivity contribution is 9.10. The summed E-state index contributed by atoms with van der Waals surface area (Å²) in [6, 6.07) is 1.98. The molecular weight excluding hydrogens is 270 g/mol. The third-order valence-electron chi connectivity index (χ3n) is 3.16. The number of ether oxygens (including phenoxy) is 1. The van der Waals surface area contributed by atoms with Crippen LogP contribution in [0.3, 0.4) is 0 Å². The maximum atomic E-state index is 5.81. The van der Waals surface area contributed by atoms with Crippen LogP contribution in [0.5, 0.6) is 0 Å². The Labute approximate surface area is 103 Å². The summed E-state index contributed by atoms with van der Waals surface area (Å²) in [6.45, 7) is 3.84. The lowest BCUT2D eigenvalue weighted by Gasteiger charge is -2.33. The predicted molar refractivity (Wildman–Crippen MR) is 64.6 cm³/mol. The van der Waals surface area contributed by atoms with Crippen molar-refractivity contribution in [3.63, 3.8) is 0 Å². The number of hydrogen-bond acceptors (Lipinski definition) is 4. The molecule has 2 aliphatic rings. The van der Waals surface area contributed by atoms with Crippen molar-refractivity contribution in [2.24, 2.45) is 0 Å². The fourth-order valence-corrected chi connectivity index (χ4v) is 2.94. The van der Waals surface area contributed by atoms with Crippen molar-refractivity contribution in [1.82, 2.24) is 9.97 Å². The Balaban J connectivity index is 1.86. The van der Waals surface area contributed by atoms with Gasteiger partial charge in [0, 0.05) is 19.2 Å². The van der Waals surface area contributed by atoms with E-state index in [1.807, 2.05) is 13.0 Å². The Morgan fingerprint density at radius 3 is 2.62 bits per heavy atom. The van der Waals surface area contributed by atoms with Gasteiger partial charge in [0.05, 0.1) is 12.2 Å². The van der Waals surface area contributed by atoms with Crippen molar-refractivity contribution >= 4 is 21.7 Å². The zero-order chi connectivity index (χ0) is 11.1. The monoisotopic (exact) mass is 283 g/mol. The Kier molecular flexibility index (Phi) is 2.59. The second-order valence-electron chi connectivity index (χ2n) is 4.46. The van der Waals surface area contributed by atoms with Crippen molar-refractivity contribution in [3.8, 4) is 0 Å². The maximum absolute atomic E-state index is 5.81. The Morgan fingerprint density at radius 1 is 1.31 bits per heavy atom. The van der Waals surface area contributed by atoms with E-state index in [1.54, 1.807) is 0 Å². The molecule has 0 aliphatic carbocycles. The summed E-state index contributed by atoms with van der Waals surface area (Å²) in [5, 5.41) is 0. The van der Waals surface area contributed by atoms with E-state index in [1.165, 1.54) is 12.8 Å². The molecular formula is C11H14BrN3O. The van der Waals surface area contributed by atoms with Gasteiger partial charge in [-0.3, -0.25) is 0 Å². The number of nitrogens with zero attached hydrogens (tertiary/aromatic N) is 3. The van der Waals surface area contributed by atoms with Gasteiger partial charge in [-0.15, -0.1) is 0 Å². The van der Waals surface area contributed by atoms with Crippen molar-refractivity contribution in [1.29, 1.82) is 0 Å². The molecule has 0 aromatic carbocycles. The third kappa shape index (κ3) is 1.94. The molecule has 16 heavy (non-hydrogen) atoms. The highest BCUT2D eigenvalue weighted by Gasteiger charge is 2.34. The van der Waals surface area contributed by atoms with Crippen LogP contribution in [0.1, 0.15) is 18.7 Å². The summed E-state index contributed by atoms with van der Waals surface area (Å²) in [7, 11) is 0. The van der Waals surface area contributed by atoms with Crippen LogP contribution in [0.2, 0.25) is 0 Å². The summed E-state index contributed by atoms with van der Waals surface area (Å²) in [5.41, 5.74) is 0. The topological polar surface area (TPSA) is 38.2 Å². The number of morpholine rings is 1. The summed E-state index contributed by atoms with van der Waals surface area (Å²) >= 11 is 3.42. The number of aryl methyl sites for hydroxylation is 1. The summed E-state index contributed by atoms with van der Waals surface area (Å²) in [5.74, 6) is 1.82. The Morgan fingerprint density at radius 2 is 2.00 bits per heavy atom. The third-order valence-corrected chi connectivity index (χ3v) is 3.57. The fraction of sp³-hybridized carbons (Fsp3) is 0.636. The van der Waals surface area contributed by atoms with E-state index in [2.05, 4.69) is 30.8 Å². The molecule has 2 bridgehead atoms. The Bertz CT molecular complexity index is 380. The molecule has 1 aromatic heterocycles. The minimum atomic E-state index is 0.396. The molecule has 0 saturated carbocycles. The first-order valence-corrected chi connectivity index (χ1v) is 6.41. The summed E-state index contributed by atoms with van der Waals surface area (Å²) in [6.07, 6.45) is 3.17. The molecule has 5 heteroatoms. The minimum Gasteiger partial charge on any atom is -0.371 e. The molecule has 2 unspecified atom stereocenters. The number of anilines is 1. The molecule has 2 fully saturated rings. The molecule has 3 heterocycles. The zero-order valence-electron chi connectivity index (χ0n) is 9.19. The van der Waals surface area contributed by atoms with Crippen molar-refractivity contribution in [2.75, 3.05) is 18.0 Å². The molecule has 0 N–H and O–H groups in total. The number of aromatic nitrogens is 2. The van der Waals surface area contributed by atoms with Gasteiger partial charge in [0.1, 0.15) is 16.2 Å². The molecule has 0 spiro atoms. The smallest absolute Gasteiger partial charge is 0.133 e. The largest absolute Gasteiger partial charge is 0.371 e. The van der Waals surface area contributed by atoms with Crippen LogP contribution in [0.4, 0.5) is 5.82 Å². The molecule has 2 saturated heterocycles. The van der Waals surface area contributed by atoms with E-state index in [4.69, 9.17) is 4.74 Å². The quantitative estimate of drug-likeness (QED) is 0.738. The first-order valence-electron chi connectivity index (χ1n) is 5.62. The summed E-state index contributed by atoms with van der Waals surface area (Å²) < 4.78 is 6.67. The van der Waals surface area contributed by atoms with Gasteiger partial charge in [-0.1, -0.05) is 0 Å². The van der Waals surface area contributed by atoms with Gasteiger partial charge >= 0.3 is 0 Å². The van der Waals surface area contributed by atoms with Crippen LogP contribution < -0.4 is 4.90 Å². The fourth-order valence-electron chi connectivity index (χ4n) is 2.48. The van der Waals surface area contributed by atoms with Gasteiger partial charge in [-0.25, -0.2) is 9.97 Å². The molecule has 4 nitrogen and oxygen atoms in total.